The number of aryl methyl sites for hydroxylation is 1. The lowest BCUT2D eigenvalue weighted by Crippen LogP contribution is -2.19. The van der Waals surface area contributed by atoms with Crippen molar-refractivity contribution >= 4 is 33.3 Å². The Morgan fingerprint density at radius 1 is 1.33 bits per heavy atom. The van der Waals surface area contributed by atoms with Crippen LogP contribution < -0.4 is 10.6 Å². The maximum atomic E-state index is 12.5. The Kier molecular flexibility index (Phi) is 3.92. The van der Waals surface area contributed by atoms with Gasteiger partial charge >= 0.3 is 0 Å². The minimum Gasteiger partial charge on any atom is -0.385 e. The van der Waals surface area contributed by atoms with Gasteiger partial charge in [0.25, 0.3) is 5.91 Å². The molecule has 3 rings (SSSR count). The van der Waals surface area contributed by atoms with Gasteiger partial charge in [-0.3, -0.25) is 4.79 Å². The van der Waals surface area contributed by atoms with Gasteiger partial charge in [0, 0.05) is 22.3 Å². The first-order chi connectivity index (χ1) is 10.1. The van der Waals surface area contributed by atoms with Crippen LogP contribution in [0, 0.1) is 6.92 Å². The lowest BCUT2D eigenvalue weighted by atomic mass is 9.97. The molecule has 4 nitrogen and oxygen atoms in total. The van der Waals surface area contributed by atoms with Crippen LogP contribution in [0.25, 0.3) is 0 Å². The Morgan fingerprint density at radius 2 is 2.19 bits per heavy atom. The predicted molar refractivity (Wildman–Crippen MR) is 87.9 cm³/mol. The molecule has 108 valence electrons. The summed E-state index contributed by atoms with van der Waals surface area (Å²) in [6.07, 6.45) is 1.98. The zero-order chi connectivity index (χ0) is 14.8. The molecule has 0 bridgehead atoms. The van der Waals surface area contributed by atoms with Crippen molar-refractivity contribution in [2.75, 3.05) is 17.2 Å². The molecule has 21 heavy (non-hydrogen) atoms. The van der Waals surface area contributed by atoms with Crippen molar-refractivity contribution in [1.29, 1.82) is 0 Å². The Balaban J connectivity index is 1.87. The number of amides is 1. The van der Waals surface area contributed by atoms with Crippen molar-refractivity contribution in [3.05, 3.63) is 51.6 Å². The quantitative estimate of drug-likeness (QED) is 0.871. The number of pyridine rings is 1. The molecule has 1 aliphatic heterocycles. The van der Waals surface area contributed by atoms with Crippen LogP contribution in [-0.2, 0) is 6.42 Å². The van der Waals surface area contributed by atoms with Crippen LogP contribution in [0.15, 0.2) is 34.8 Å². The predicted octanol–water partition coefficient (Wildman–Crippen LogP) is 3.76. The van der Waals surface area contributed by atoms with Crippen LogP contribution in [-0.4, -0.2) is 17.4 Å². The molecule has 5 heteroatoms. The summed E-state index contributed by atoms with van der Waals surface area (Å²) in [4.78, 5) is 16.8. The third kappa shape index (κ3) is 2.93. The zero-order valence-corrected chi connectivity index (χ0v) is 13.3. The summed E-state index contributed by atoms with van der Waals surface area (Å²) in [6, 6.07) is 9.48. The first kappa shape index (κ1) is 14.1. The molecule has 0 atom stereocenters. The molecular formula is C16H16BrN3O. The molecule has 1 aliphatic rings. The highest BCUT2D eigenvalue weighted by Gasteiger charge is 2.17. The first-order valence-corrected chi connectivity index (χ1v) is 7.75. The number of hydrogen-bond acceptors (Lipinski definition) is 3. The summed E-state index contributed by atoms with van der Waals surface area (Å²) in [6.45, 7) is 2.86. The summed E-state index contributed by atoms with van der Waals surface area (Å²) in [5.74, 6) is 0.465. The van der Waals surface area contributed by atoms with Gasteiger partial charge in [-0.25, -0.2) is 4.98 Å². The van der Waals surface area contributed by atoms with E-state index >= 15 is 0 Å². The number of anilines is 2. The fraction of sp³-hybridized carbons (Fsp3) is 0.250. The molecule has 0 fully saturated rings. The van der Waals surface area contributed by atoms with Crippen LogP contribution in [0.2, 0.25) is 0 Å². The van der Waals surface area contributed by atoms with Gasteiger partial charge in [0.15, 0.2) is 0 Å². The van der Waals surface area contributed by atoms with Crippen molar-refractivity contribution < 1.29 is 4.79 Å². The monoisotopic (exact) mass is 345 g/mol. The van der Waals surface area contributed by atoms with Gasteiger partial charge < -0.3 is 10.6 Å². The number of nitrogens with zero attached hydrogens (tertiary/aromatic N) is 1. The number of aromatic nitrogens is 1. The minimum absolute atomic E-state index is 0.107. The Hall–Kier alpha value is -1.88. The summed E-state index contributed by atoms with van der Waals surface area (Å²) in [7, 11) is 0. The summed E-state index contributed by atoms with van der Waals surface area (Å²) in [5, 5.41) is 6.21. The highest BCUT2D eigenvalue weighted by molar-refractivity contribution is 9.10. The molecule has 0 saturated carbocycles. The lowest BCUT2D eigenvalue weighted by molar-refractivity contribution is 0.102. The average Bonchev–Trinajstić information content (AvgIpc) is 2.50. The largest absolute Gasteiger partial charge is 0.385 e. The maximum absolute atomic E-state index is 12.5. The fourth-order valence-corrected chi connectivity index (χ4v) is 2.74. The second-order valence-corrected chi connectivity index (χ2v) is 5.93. The molecule has 1 aromatic heterocycles. The summed E-state index contributed by atoms with van der Waals surface area (Å²) >= 11 is 3.41. The molecule has 1 amide bonds. The third-order valence-electron chi connectivity index (χ3n) is 3.60. The van der Waals surface area contributed by atoms with E-state index in [4.69, 9.17) is 0 Å². The number of rotatable bonds is 2. The van der Waals surface area contributed by atoms with Gasteiger partial charge in [0.05, 0.1) is 5.69 Å². The normalized spacial score (nSPS) is 13.2. The highest BCUT2D eigenvalue weighted by Crippen LogP contribution is 2.26. The van der Waals surface area contributed by atoms with Crippen LogP contribution in [0.4, 0.5) is 11.5 Å². The SMILES string of the molecule is Cc1nc(NC(=O)c2cccc3c2CCCN3)ccc1Br. The third-order valence-corrected chi connectivity index (χ3v) is 4.44. The number of hydrogen-bond donors (Lipinski definition) is 2. The Labute approximate surface area is 132 Å². The lowest BCUT2D eigenvalue weighted by Gasteiger charge is -2.20. The van der Waals surface area contributed by atoms with Gasteiger partial charge in [-0.05, 0) is 65.5 Å². The Bertz CT molecular complexity index is 700. The Morgan fingerprint density at radius 3 is 3.00 bits per heavy atom. The van der Waals surface area contributed by atoms with Crippen molar-refractivity contribution in [2.24, 2.45) is 0 Å². The number of carbonyl (C=O) groups is 1. The van der Waals surface area contributed by atoms with Crippen molar-refractivity contribution in [3.63, 3.8) is 0 Å². The topological polar surface area (TPSA) is 54.0 Å². The van der Waals surface area contributed by atoms with E-state index in [1.807, 2.05) is 31.2 Å². The maximum Gasteiger partial charge on any atom is 0.257 e. The number of carbonyl (C=O) groups excluding carboxylic acids is 1. The fourth-order valence-electron chi connectivity index (χ4n) is 2.52. The number of nitrogens with one attached hydrogen (secondary N) is 2. The molecular weight excluding hydrogens is 330 g/mol. The van der Waals surface area contributed by atoms with Gasteiger partial charge in [0.1, 0.15) is 5.82 Å². The molecule has 0 spiro atoms. The van der Waals surface area contributed by atoms with Crippen molar-refractivity contribution in [1.82, 2.24) is 4.98 Å². The molecule has 0 saturated heterocycles. The van der Waals surface area contributed by atoms with Crippen molar-refractivity contribution in [2.45, 2.75) is 19.8 Å². The van der Waals surface area contributed by atoms with E-state index in [1.165, 1.54) is 0 Å². The highest BCUT2D eigenvalue weighted by atomic mass is 79.9. The van der Waals surface area contributed by atoms with Crippen LogP contribution in [0.5, 0.6) is 0 Å². The van der Waals surface area contributed by atoms with Crippen molar-refractivity contribution in [3.8, 4) is 0 Å². The zero-order valence-electron chi connectivity index (χ0n) is 11.7. The summed E-state index contributed by atoms with van der Waals surface area (Å²) in [5.41, 5.74) is 3.73. The van der Waals surface area contributed by atoms with E-state index in [9.17, 15) is 4.79 Å². The number of fused-ring (bicyclic) bond motifs is 1. The summed E-state index contributed by atoms with van der Waals surface area (Å²) < 4.78 is 0.932. The number of halogens is 1. The average molecular weight is 346 g/mol. The first-order valence-electron chi connectivity index (χ1n) is 6.95. The van der Waals surface area contributed by atoms with Gasteiger partial charge in [-0.15, -0.1) is 0 Å². The molecule has 0 unspecified atom stereocenters. The van der Waals surface area contributed by atoms with Gasteiger partial charge in [-0.2, -0.15) is 0 Å². The molecule has 1 aromatic carbocycles. The molecule has 0 radical (unpaired) electrons. The second-order valence-electron chi connectivity index (χ2n) is 5.08. The number of benzene rings is 1. The van der Waals surface area contributed by atoms with E-state index in [-0.39, 0.29) is 5.91 Å². The van der Waals surface area contributed by atoms with E-state index in [0.717, 1.165) is 46.4 Å². The van der Waals surface area contributed by atoms with Crippen LogP contribution in [0.1, 0.15) is 28.0 Å². The van der Waals surface area contributed by atoms with Gasteiger partial charge in [0.2, 0.25) is 0 Å². The van der Waals surface area contributed by atoms with E-state index in [2.05, 4.69) is 31.5 Å². The van der Waals surface area contributed by atoms with E-state index in [0.29, 0.717) is 5.82 Å². The molecule has 2 aromatic rings. The molecule has 0 aliphatic carbocycles. The van der Waals surface area contributed by atoms with Crippen LogP contribution in [0.3, 0.4) is 0 Å². The minimum atomic E-state index is -0.107. The van der Waals surface area contributed by atoms with Crippen LogP contribution >= 0.6 is 15.9 Å². The molecule has 2 N–H and O–H groups in total. The van der Waals surface area contributed by atoms with E-state index < -0.39 is 0 Å². The molecule has 2 heterocycles. The van der Waals surface area contributed by atoms with Gasteiger partial charge in [-0.1, -0.05) is 6.07 Å². The smallest absolute Gasteiger partial charge is 0.257 e. The standard InChI is InChI=1S/C16H16BrN3O/c1-10-13(17)7-8-15(19-10)20-16(21)12-4-2-6-14-11(12)5-3-9-18-14/h2,4,6-8,18H,3,5,9H2,1H3,(H,19,20,21). The van der Waals surface area contributed by atoms with E-state index in [1.54, 1.807) is 6.07 Å². The second kappa shape index (κ2) is 5.85.